The smallest absolute Gasteiger partial charge is 0.294 e. The Balaban J connectivity index is 2.11. The van der Waals surface area contributed by atoms with Gasteiger partial charge in [-0.3, -0.25) is 4.40 Å². The molecule has 0 fully saturated rings. The number of thiazole rings is 1. The number of rotatable bonds is 1. The second-order valence-electron chi connectivity index (χ2n) is 4.23. The van der Waals surface area contributed by atoms with Gasteiger partial charge in [0.25, 0.3) is 0 Å². The van der Waals surface area contributed by atoms with E-state index in [1.54, 1.807) is 12.3 Å². The molecule has 6 heteroatoms. The third kappa shape index (κ3) is 2.12. The van der Waals surface area contributed by atoms with Gasteiger partial charge >= 0.3 is 6.18 Å². The number of fused-ring (bicyclic) bond motifs is 1. The number of hydrogen-bond acceptors (Lipinski definition) is 2. The summed E-state index contributed by atoms with van der Waals surface area (Å²) in [5.74, 6) is 0. The quantitative estimate of drug-likeness (QED) is 0.647. The van der Waals surface area contributed by atoms with Gasteiger partial charge in [0.2, 0.25) is 0 Å². The van der Waals surface area contributed by atoms with Gasteiger partial charge in [0.05, 0.1) is 11.3 Å². The molecule has 0 N–H and O–H groups in total. The predicted octanol–water partition coefficient (Wildman–Crippen LogP) is 4.39. The average Bonchev–Trinajstić information content (AvgIpc) is 2.91. The number of aromatic nitrogens is 2. The summed E-state index contributed by atoms with van der Waals surface area (Å²) in [5.41, 5.74) is 1.40. The maximum absolute atomic E-state index is 12.7. The lowest BCUT2D eigenvalue weighted by Gasteiger charge is -2.07. The summed E-state index contributed by atoms with van der Waals surface area (Å²) in [7, 11) is 0. The van der Waals surface area contributed by atoms with Crippen LogP contribution >= 0.6 is 11.3 Å². The standard InChI is InChI=1S/C13H9F3N2S/c1-8-7-19-12-17-11(6-18(8)12)9-3-2-4-10(5-9)13(14,15)16/h2-7H,1H3. The van der Waals surface area contributed by atoms with E-state index >= 15 is 0 Å². The second kappa shape index (κ2) is 4.09. The number of hydrogen-bond donors (Lipinski definition) is 0. The Bertz CT molecular complexity index is 740. The first-order chi connectivity index (χ1) is 8.95. The van der Waals surface area contributed by atoms with Crippen molar-refractivity contribution in [2.24, 2.45) is 0 Å². The van der Waals surface area contributed by atoms with Crippen LogP contribution in [0.15, 0.2) is 35.8 Å². The van der Waals surface area contributed by atoms with E-state index in [4.69, 9.17) is 0 Å². The summed E-state index contributed by atoms with van der Waals surface area (Å²) < 4.78 is 39.9. The maximum atomic E-state index is 12.7. The third-order valence-electron chi connectivity index (χ3n) is 2.87. The molecule has 0 unspecified atom stereocenters. The van der Waals surface area contributed by atoms with Crippen LogP contribution in [-0.4, -0.2) is 9.38 Å². The average molecular weight is 282 g/mol. The van der Waals surface area contributed by atoms with E-state index in [9.17, 15) is 13.2 Å². The molecule has 3 aromatic rings. The lowest BCUT2D eigenvalue weighted by Crippen LogP contribution is -2.04. The monoisotopic (exact) mass is 282 g/mol. The highest BCUT2D eigenvalue weighted by molar-refractivity contribution is 7.15. The molecule has 2 aromatic heterocycles. The molecule has 0 atom stereocenters. The number of imidazole rings is 1. The molecule has 0 radical (unpaired) electrons. The van der Waals surface area contributed by atoms with Gasteiger partial charge in [0.15, 0.2) is 4.96 Å². The first-order valence-electron chi connectivity index (χ1n) is 5.56. The summed E-state index contributed by atoms with van der Waals surface area (Å²) in [4.78, 5) is 5.12. The molecular formula is C13H9F3N2S. The topological polar surface area (TPSA) is 17.3 Å². The number of nitrogens with zero attached hydrogens (tertiary/aromatic N) is 2. The highest BCUT2D eigenvalue weighted by Crippen LogP contribution is 2.32. The van der Waals surface area contributed by atoms with Crippen LogP contribution in [0, 0.1) is 6.92 Å². The molecule has 0 bridgehead atoms. The molecule has 0 aliphatic heterocycles. The molecule has 1 aromatic carbocycles. The minimum Gasteiger partial charge on any atom is -0.294 e. The van der Waals surface area contributed by atoms with Gasteiger partial charge in [0.1, 0.15) is 0 Å². The van der Waals surface area contributed by atoms with E-state index in [0.717, 1.165) is 22.8 Å². The van der Waals surface area contributed by atoms with E-state index in [0.29, 0.717) is 11.3 Å². The van der Waals surface area contributed by atoms with Crippen molar-refractivity contribution in [2.75, 3.05) is 0 Å². The minimum atomic E-state index is -4.33. The Labute approximate surface area is 111 Å². The van der Waals surface area contributed by atoms with Crippen molar-refractivity contribution in [3.05, 3.63) is 47.1 Å². The van der Waals surface area contributed by atoms with Crippen molar-refractivity contribution in [1.29, 1.82) is 0 Å². The van der Waals surface area contributed by atoms with Crippen LogP contribution in [0.1, 0.15) is 11.3 Å². The lowest BCUT2D eigenvalue weighted by molar-refractivity contribution is -0.137. The van der Waals surface area contributed by atoms with Gasteiger partial charge in [0, 0.05) is 22.8 Å². The fourth-order valence-electron chi connectivity index (χ4n) is 1.89. The second-order valence-corrected chi connectivity index (χ2v) is 5.07. The summed E-state index contributed by atoms with van der Waals surface area (Å²) >= 11 is 1.47. The zero-order valence-electron chi connectivity index (χ0n) is 9.90. The third-order valence-corrected chi connectivity index (χ3v) is 3.83. The molecule has 0 spiro atoms. The van der Waals surface area contributed by atoms with Crippen LogP contribution in [0.4, 0.5) is 13.2 Å². The zero-order chi connectivity index (χ0) is 13.6. The molecule has 2 heterocycles. The van der Waals surface area contributed by atoms with Crippen molar-refractivity contribution >= 4 is 16.3 Å². The van der Waals surface area contributed by atoms with E-state index in [1.807, 2.05) is 16.7 Å². The SMILES string of the molecule is Cc1csc2nc(-c3cccc(C(F)(F)F)c3)cn12. The summed E-state index contributed by atoms with van der Waals surface area (Å²) in [6.07, 6.45) is -2.57. The van der Waals surface area contributed by atoms with E-state index in [2.05, 4.69) is 4.98 Å². The fourth-order valence-corrected chi connectivity index (χ4v) is 2.74. The normalized spacial score (nSPS) is 12.2. The summed E-state index contributed by atoms with van der Waals surface area (Å²) in [5, 5.41) is 1.96. The Morgan fingerprint density at radius 1 is 1.26 bits per heavy atom. The van der Waals surface area contributed by atoms with E-state index in [1.165, 1.54) is 17.4 Å². The van der Waals surface area contributed by atoms with Gasteiger partial charge in [-0.1, -0.05) is 12.1 Å². The summed E-state index contributed by atoms with van der Waals surface area (Å²) in [6.45, 7) is 1.93. The first-order valence-corrected chi connectivity index (χ1v) is 6.44. The van der Waals surface area contributed by atoms with E-state index < -0.39 is 11.7 Å². The Hall–Kier alpha value is -1.82. The predicted molar refractivity (Wildman–Crippen MR) is 68.2 cm³/mol. The van der Waals surface area contributed by atoms with Crippen molar-refractivity contribution in [3.8, 4) is 11.3 Å². The van der Waals surface area contributed by atoms with Gasteiger partial charge in [-0.05, 0) is 19.1 Å². The largest absolute Gasteiger partial charge is 0.416 e. The van der Waals surface area contributed by atoms with Gasteiger partial charge in [-0.2, -0.15) is 13.2 Å². The molecule has 0 aliphatic carbocycles. The molecular weight excluding hydrogens is 273 g/mol. The molecule has 0 aliphatic rings. The fraction of sp³-hybridized carbons (Fsp3) is 0.154. The van der Waals surface area contributed by atoms with Crippen molar-refractivity contribution in [1.82, 2.24) is 9.38 Å². The van der Waals surface area contributed by atoms with Crippen LogP contribution in [-0.2, 0) is 6.18 Å². The number of alkyl halides is 3. The van der Waals surface area contributed by atoms with Gasteiger partial charge < -0.3 is 0 Å². The van der Waals surface area contributed by atoms with Crippen LogP contribution in [0.25, 0.3) is 16.2 Å². The number of benzene rings is 1. The molecule has 3 rings (SSSR count). The van der Waals surface area contributed by atoms with Crippen molar-refractivity contribution in [2.45, 2.75) is 13.1 Å². The summed E-state index contributed by atoms with van der Waals surface area (Å²) in [6, 6.07) is 5.23. The van der Waals surface area contributed by atoms with Crippen LogP contribution in [0.3, 0.4) is 0 Å². The van der Waals surface area contributed by atoms with Crippen molar-refractivity contribution < 1.29 is 13.2 Å². The van der Waals surface area contributed by atoms with Crippen LogP contribution in [0.5, 0.6) is 0 Å². The van der Waals surface area contributed by atoms with Gasteiger partial charge in [-0.15, -0.1) is 11.3 Å². The van der Waals surface area contributed by atoms with Gasteiger partial charge in [-0.25, -0.2) is 4.98 Å². The van der Waals surface area contributed by atoms with Crippen LogP contribution < -0.4 is 0 Å². The Morgan fingerprint density at radius 3 is 2.74 bits per heavy atom. The first kappa shape index (κ1) is 12.2. The maximum Gasteiger partial charge on any atom is 0.416 e. The van der Waals surface area contributed by atoms with Crippen molar-refractivity contribution in [3.63, 3.8) is 0 Å². The molecule has 2 nitrogen and oxygen atoms in total. The molecule has 0 saturated carbocycles. The zero-order valence-corrected chi connectivity index (χ0v) is 10.7. The van der Waals surface area contributed by atoms with Crippen LogP contribution in [0.2, 0.25) is 0 Å². The Morgan fingerprint density at radius 2 is 2.05 bits per heavy atom. The molecule has 98 valence electrons. The minimum absolute atomic E-state index is 0.477. The highest BCUT2D eigenvalue weighted by Gasteiger charge is 2.30. The van der Waals surface area contributed by atoms with E-state index in [-0.39, 0.29) is 0 Å². The Kier molecular flexibility index (Phi) is 2.63. The number of halogens is 3. The highest BCUT2D eigenvalue weighted by atomic mass is 32.1. The molecule has 19 heavy (non-hydrogen) atoms. The molecule has 0 saturated heterocycles. The number of aryl methyl sites for hydroxylation is 1. The lowest BCUT2D eigenvalue weighted by atomic mass is 10.1. The molecule has 0 amide bonds.